The predicted octanol–water partition coefficient (Wildman–Crippen LogP) is 0.192. The highest BCUT2D eigenvalue weighted by Crippen LogP contribution is 1.95. The van der Waals surface area contributed by atoms with Crippen LogP contribution in [0.15, 0.2) is 0 Å². The first-order valence-corrected chi connectivity index (χ1v) is 6.26. The Hall–Kier alpha value is 0.120. The Morgan fingerprint density at radius 1 is 1.40 bits per heavy atom. The molecular weight excluding hydrogens is 238 g/mol. The summed E-state index contributed by atoms with van der Waals surface area (Å²) in [4.78, 5) is 0. The van der Waals surface area contributed by atoms with Gasteiger partial charge in [0.05, 0.1) is 0 Å². The Labute approximate surface area is 99.2 Å². The molecule has 1 unspecified atom stereocenters. The molecule has 5 nitrogen and oxygen atoms in total. The summed E-state index contributed by atoms with van der Waals surface area (Å²) >= 11 is 0. The molecule has 0 amide bonds. The first kappa shape index (κ1) is 17.5. The van der Waals surface area contributed by atoms with E-state index in [0.29, 0.717) is 13.1 Å². The second-order valence-electron chi connectivity index (χ2n) is 3.36. The van der Waals surface area contributed by atoms with Gasteiger partial charge in [-0.05, 0) is 20.4 Å². The summed E-state index contributed by atoms with van der Waals surface area (Å²) in [5.74, 6) is 0. The Kier molecular flexibility index (Phi) is 9.68. The summed E-state index contributed by atoms with van der Waals surface area (Å²) < 4.78 is 26.9. The maximum Gasteiger partial charge on any atom is 0.279 e. The highest BCUT2D eigenvalue weighted by Gasteiger charge is 2.16. The Morgan fingerprint density at radius 2 is 1.93 bits per heavy atom. The smallest absolute Gasteiger partial charge is 0.279 e. The molecule has 0 saturated carbocycles. The van der Waals surface area contributed by atoms with E-state index in [9.17, 15) is 8.42 Å². The molecular formula is C8H22ClN3O2S. The van der Waals surface area contributed by atoms with Crippen molar-refractivity contribution in [1.82, 2.24) is 14.3 Å². The Bertz CT molecular complexity index is 246. The van der Waals surface area contributed by atoms with Crippen LogP contribution in [0.2, 0.25) is 0 Å². The molecule has 0 saturated heterocycles. The fraction of sp³-hybridized carbons (Fsp3) is 1.00. The van der Waals surface area contributed by atoms with Crippen LogP contribution in [0, 0.1) is 0 Å². The molecule has 0 heterocycles. The van der Waals surface area contributed by atoms with E-state index in [1.54, 1.807) is 14.1 Å². The van der Waals surface area contributed by atoms with Gasteiger partial charge in [-0.2, -0.15) is 12.7 Å². The molecule has 0 spiro atoms. The van der Waals surface area contributed by atoms with Crippen molar-refractivity contribution in [2.24, 2.45) is 0 Å². The fourth-order valence-electron chi connectivity index (χ4n) is 0.878. The van der Waals surface area contributed by atoms with E-state index in [2.05, 4.69) is 10.0 Å². The Balaban J connectivity index is 0. The highest BCUT2D eigenvalue weighted by atomic mass is 35.5. The molecule has 2 N–H and O–H groups in total. The van der Waals surface area contributed by atoms with Gasteiger partial charge in [0.15, 0.2) is 0 Å². The van der Waals surface area contributed by atoms with Crippen molar-refractivity contribution >= 4 is 22.6 Å². The monoisotopic (exact) mass is 259 g/mol. The minimum Gasteiger partial charge on any atom is -0.316 e. The van der Waals surface area contributed by atoms with Crippen LogP contribution in [-0.2, 0) is 10.2 Å². The molecule has 0 aliphatic rings. The molecule has 7 heteroatoms. The number of likely N-dealkylation sites (N-methyl/N-ethyl adjacent to an activating group) is 1. The second kappa shape index (κ2) is 8.29. The van der Waals surface area contributed by atoms with Crippen molar-refractivity contribution in [2.45, 2.75) is 26.3 Å². The third-order valence-electron chi connectivity index (χ3n) is 2.01. The SMILES string of the molecule is CCCN(C)S(=O)(=O)NCC(C)NC.Cl. The van der Waals surface area contributed by atoms with Gasteiger partial charge in [0, 0.05) is 26.2 Å². The third kappa shape index (κ3) is 7.08. The van der Waals surface area contributed by atoms with Gasteiger partial charge in [0.1, 0.15) is 0 Å². The van der Waals surface area contributed by atoms with Crippen molar-refractivity contribution in [2.75, 3.05) is 27.2 Å². The molecule has 15 heavy (non-hydrogen) atoms. The van der Waals surface area contributed by atoms with Crippen LogP contribution in [0.1, 0.15) is 20.3 Å². The zero-order chi connectivity index (χ0) is 11.2. The highest BCUT2D eigenvalue weighted by molar-refractivity contribution is 7.87. The lowest BCUT2D eigenvalue weighted by Gasteiger charge is -2.18. The van der Waals surface area contributed by atoms with E-state index in [1.807, 2.05) is 13.8 Å². The molecule has 0 aromatic rings. The first-order chi connectivity index (χ1) is 6.44. The van der Waals surface area contributed by atoms with Crippen molar-refractivity contribution in [1.29, 1.82) is 0 Å². The average molecular weight is 260 g/mol. The van der Waals surface area contributed by atoms with Gasteiger partial charge < -0.3 is 5.32 Å². The van der Waals surface area contributed by atoms with E-state index in [0.717, 1.165) is 6.42 Å². The van der Waals surface area contributed by atoms with Crippen LogP contribution in [0.5, 0.6) is 0 Å². The summed E-state index contributed by atoms with van der Waals surface area (Å²) in [6.07, 6.45) is 0.818. The zero-order valence-corrected chi connectivity index (χ0v) is 11.4. The van der Waals surface area contributed by atoms with E-state index in [1.165, 1.54) is 4.31 Å². The molecule has 0 aromatic carbocycles. The summed E-state index contributed by atoms with van der Waals surface area (Å²) in [6, 6.07) is 0.139. The van der Waals surface area contributed by atoms with Gasteiger partial charge in [-0.3, -0.25) is 0 Å². The van der Waals surface area contributed by atoms with Crippen molar-refractivity contribution < 1.29 is 8.42 Å². The van der Waals surface area contributed by atoms with Crippen molar-refractivity contribution in [3.63, 3.8) is 0 Å². The van der Waals surface area contributed by atoms with Gasteiger partial charge in [-0.25, -0.2) is 4.72 Å². The summed E-state index contributed by atoms with van der Waals surface area (Å²) in [7, 11) is 0.0953. The van der Waals surface area contributed by atoms with Crippen LogP contribution in [0.4, 0.5) is 0 Å². The predicted molar refractivity (Wildman–Crippen MR) is 65.6 cm³/mol. The van der Waals surface area contributed by atoms with Crippen LogP contribution in [-0.4, -0.2) is 45.9 Å². The van der Waals surface area contributed by atoms with Gasteiger partial charge in [0.2, 0.25) is 0 Å². The maximum atomic E-state index is 11.5. The van der Waals surface area contributed by atoms with Crippen molar-refractivity contribution in [3.05, 3.63) is 0 Å². The van der Waals surface area contributed by atoms with Crippen LogP contribution >= 0.6 is 12.4 Å². The van der Waals surface area contributed by atoms with E-state index in [-0.39, 0.29) is 18.4 Å². The van der Waals surface area contributed by atoms with Gasteiger partial charge >= 0.3 is 0 Å². The number of hydrogen-bond acceptors (Lipinski definition) is 3. The number of rotatable bonds is 7. The minimum atomic E-state index is -3.28. The molecule has 0 aliphatic heterocycles. The van der Waals surface area contributed by atoms with Gasteiger partial charge in [-0.1, -0.05) is 6.92 Å². The quantitative estimate of drug-likeness (QED) is 0.686. The number of halogens is 1. The largest absolute Gasteiger partial charge is 0.316 e. The lowest BCUT2D eigenvalue weighted by atomic mass is 10.4. The average Bonchev–Trinajstić information content (AvgIpc) is 2.14. The number of nitrogens with one attached hydrogen (secondary N) is 2. The maximum absolute atomic E-state index is 11.5. The van der Waals surface area contributed by atoms with E-state index >= 15 is 0 Å². The molecule has 0 bridgehead atoms. The molecule has 0 radical (unpaired) electrons. The lowest BCUT2D eigenvalue weighted by Crippen LogP contribution is -2.43. The minimum absolute atomic E-state index is 0. The molecule has 0 fully saturated rings. The molecule has 0 rings (SSSR count). The van der Waals surface area contributed by atoms with Crippen molar-refractivity contribution in [3.8, 4) is 0 Å². The number of nitrogens with zero attached hydrogens (tertiary/aromatic N) is 1. The molecule has 1 atom stereocenters. The van der Waals surface area contributed by atoms with Gasteiger partial charge in [-0.15, -0.1) is 12.4 Å². The van der Waals surface area contributed by atoms with Gasteiger partial charge in [0.25, 0.3) is 10.2 Å². The summed E-state index contributed by atoms with van der Waals surface area (Å²) in [5, 5.41) is 2.96. The standard InChI is InChI=1S/C8H21N3O2S.ClH/c1-5-6-11(4)14(12,13)10-7-8(2)9-3;/h8-10H,5-7H2,1-4H3;1H. The third-order valence-corrected chi connectivity index (χ3v) is 3.55. The van der Waals surface area contributed by atoms with Crippen LogP contribution < -0.4 is 10.0 Å². The van der Waals surface area contributed by atoms with E-state index in [4.69, 9.17) is 0 Å². The molecule has 0 aromatic heterocycles. The topological polar surface area (TPSA) is 61.4 Å². The molecule has 0 aliphatic carbocycles. The summed E-state index contributed by atoms with van der Waals surface area (Å²) in [6.45, 7) is 4.82. The number of hydrogen-bond donors (Lipinski definition) is 2. The fourth-order valence-corrected chi connectivity index (χ4v) is 1.98. The lowest BCUT2D eigenvalue weighted by molar-refractivity contribution is 0.451. The van der Waals surface area contributed by atoms with Crippen LogP contribution in [0.3, 0.4) is 0 Å². The zero-order valence-electron chi connectivity index (χ0n) is 9.78. The first-order valence-electron chi connectivity index (χ1n) is 4.82. The van der Waals surface area contributed by atoms with Crippen LogP contribution in [0.25, 0.3) is 0 Å². The second-order valence-corrected chi connectivity index (χ2v) is 5.23. The normalized spacial score (nSPS) is 13.7. The summed E-state index contributed by atoms with van der Waals surface area (Å²) in [5.41, 5.74) is 0. The Morgan fingerprint density at radius 3 is 2.33 bits per heavy atom. The molecule has 94 valence electrons. The van der Waals surface area contributed by atoms with E-state index < -0.39 is 10.2 Å².